The molecular formula is C40H34BNO2. The molecule has 214 valence electrons. The lowest BCUT2D eigenvalue weighted by atomic mass is 9.78. The maximum absolute atomic E-state index is 6.44. The van der Waals surface area contributed by atoms with Gasteiger partial charge in [0.1, 0.15) is 0 Å². The Balaban J connectivity index is 1.36. The van der Waals surface area contributed by atoms with Crippen LogP contribution in [0.25, 0.3) is 60.5 Å². The molecule has 0 aliphatic carbocycles. The molecule has 0 amide bonds. The highest BCUT2D eigenvalue weighted by molar-refractivity contribution is 6.62. The van der Waals surface area contributed by atoms with Crippen molar-refractivity contribution in [3.8, 4) is 27.9 Å². The van der Waals surface area contributed by atoms with Gasteiger partial charge in [-0.05, 0) is 96.5 Å². The summed E-state index contributed by atoms with van der Waals surface area (Å²) >= 11 is 0. The van der Waals surface area contributed by atoms with Crippen molar-refractivity contribution in [3.63, 3.8) is 0 Å². The number of rotatable bonds is 4. The minimum atomic E-state index is -0.411. The number of nitrogens with zero attached hydrogens (tertiary/aromatic N) is 1. The zero-order chi connectivity index (χ0) is 30.1. The van der Waals surface area contributed by atoms with Crippen LogP contribution < -0.4 is 5.46 Å². The summed E-state index contributed by atoms with van der Waals surface area (Å²) < 4.78 is 15.3. The number of hydrogen-bond acceptors (Lipinski definition) is 2. The van der Waals surface area contributed by atoms with Crippen LogP contribution in [0.1, 0.15) is 27.7 Å². The van der Waals surface area contributed by atoms with Crippen molar-refractivity contribution in [2.45, 2.75) is 38.9 Å². The Morgan fingerprint density at radius 2 is 1.14 bits per heavy atom. The first-order chi connectivity index (χ1) is 21.3. The Kier molecular flexibility index (Phi) is 6.10. The quantitative estimate of drug-likeness (QED) is 0.197. The van der Waals surface area contributed by atoms with Gasteiger partial charge in [0.2, 0.25) is 0 Å². The van der Waals surface area contributed by atoms with E-state index in [0.717, 1.165) is 16.7 Å². The lowest BCUT2D eigenvalue weighted by Gasteiger charge is -2.32. The third kappa shape index (κ3) is 4.29. The molecule has 4 heteroatoms. The van der Waals surface area contributed by atoms with Crippen LogP contribution >= 0.6 is 0 Å². The predicted octanol–water partition coefficient (Wildman–Crippen LogP) is 9.57. The molecule has 1 fully saturated rings. The normalized spacial score (nSPS) is 15.9. The van der Waals surface area contributed by atoms with Crippen molar-refractivity contribution < 1.29 is 9.31 Å². The molecule has 1 aliphatic heterocycles. The van der Waals surface area contributed by atoms with E-state index in [9.17, 15) is 0 Å². The molecule has 3 nitrogen and oxygen atoms in total. The fourth-order valence-electron chi connectivity index (χ4n) is 6.56. The average Bonchev–Trinajstić information content (AvgIpc) is 3.49. The van der Waals surface area contributed by atoms with Crippen LogP contribution in [-0.4, -0.2) is 22.9 Å². The highest BCUT2D eigenvalue weighted by Gasteiger charge is 2.51. The smallest absolute Gasteiger partial charge is 0.399 e. The van der Waals surface area contributed by atoms with E-state index in [0.29, 0.717) is 0 Å². The van der Waals surface area contributed by atoms with Gasteiger partial charge in [-0.25, -0.2) is 0 Å². The van der Waals surface area contributed by atoms with Gasteiger partial charge in [-0.2, -0.15) is 0 Å². The zero-order valence-corrected chi connectivity index (χ0v) is 25.5. The lowest BCUT2D eigenvalue weighted by Crippen LogP contribution is -2.41. The molecule has 44 heavy (non-hydrogen) atoms. The number of aromatic nitrogens is 1. The molecule has 0 spiro atoms. The van der Waals surface area contributed by atoms with Gasteiger partial charge < -0.3 is 13.9 Å². The van der Waals surface area contributed by atoms with Crippen LogP contribution in [0.3, 0.4) is 0 Å². The zero-order valence-electron chi connectivity index (χ0n) is 25.5. The highest BCUT2D eigenvalue weighted by atomic mass is 16.7. The lowest BCUT2D eigenvalue weighted by molar-refractivity contribution is 0.00578. The molecule has 0 saturated carbocycles. The van der Waals surface area contributed by atoms with E-state index in [1.54, 1.807) is 0 Å². The summed E-state index contributed by atoms with van der Waals surface area (Å²) in [5.74, 6) is 0. The molecule has 6 aromatic carbocycles. The van der Waals surface area contributed by atoms with Gasteiger partial charge in [0.15, 0.2) is 0 Å². The molecular weight excluding hydrogens is 537 g/mol. The molecule has 7 aromatic rings. The Hall–Kier alpha value is -4.64. The molecule has 1 aromatic heterocycles. The number of benzene rings is 6. The van der Waals surface area contributed by atoms with Crippen molar-refractivity contribution in [1.29, 1.82) is 0 Å². The largest absolute Gasteiger partial charge is 0.494 e. The van der Waals surface area contributed by atoms with E-state index in [1.807, 2.05) is 0 Å². The molecule has 1 saturated heterocycles. The second-order valence-electron chi connectivity index (χ2n) is 12.9. The first-order valence-corrected chi connectivity index (χ1v) is 15.4. The monoisotopic (exact) mass is 571 g/mol. The van der Waals surface area contributed by atoms with Crippen LogP contribution in [0.4, 0.5) is 0 Å². The molecule has 0 unspecified atom stereocenters. The fraction of sp³-hybridized carbons (Fsp3) is 0.150. The molecule has 0 radical (unpaired) electrons. The van der Waals surface area contributed by atoms with Gasteiger partial charge in [-0.3, -0.25) is 0 Å². The third-order valence-electron chi connectivity index (χ3n) is 9.61. The first-order valence-electron chi connectivity index (χ1n) is 15.4. The molecule has 8 rings (SSSR count). The van der Waals surface area contributed by atoms with Crippen LogP contribution in [0.2, 0.25) is 0 Å². The summed E-state index contributed by atoms with van der Waals surface area (Å²) in [7, 11) is -0.411. The van der Waals surface area contributed by atoms with Gasteiger partial charge in [0.05, 0.1) is 22.2 Å². The van der Waals surface area contributed by atoms with E-state index >= 15 is 0 Å². The van der Waals surface area contributed by atoms with Crippen molar-refractivity contribution in [1.82, 2.24) is 4.57 Å². The summed E-state index contributed by atoms with van der Waals surface area (Å²) in [4.78, 5) is 0. The highest BCUT2D eigenvalue weighted by Crippen LogP contribution is 2.39. The Bertz CT molecular complexity index is 2170. The summed E-state index contributed by atoms with van der Waals surface area (Å²) in [6, 6.07) is 48.2. The average molecular weight is 572 g/mol. The van der Waals surface area contributed by atoms with Crippen molar-refractivity contribution in [2.75, 3.05) is 0 Å². The van der Waals surface area contributed by atoms with Gasteiger partial charge in [0.25, 0.3) is 0 Å². The van der Waals surface area contributed by atoms with Gasteiger partial charge in [-0.1, -0.05) is 103 Å². The molecule has 0 N–H and O–H groups in total. The van der Waals surface area contributed by atoms with E-state index < -0.39 is 18.3 Å². The van der Waals surface area contributed by atoms with Crippen molar-refractivity contribution >= 4 is 45.2 Å². The fourth-order valence-corrected chi connectivity index (χ4v) is 6.56. The first kappa shape index (κ1) is 27.0. The van der Waals surface area contributed by atoms with Crippen molar-refractivity contribution in [3.05, 3.63) is 133 Å². The van der Waals surface area contributed by atoms with Gasteiger partial charge in [0, 0.05) is 16.5 Å². The topological polar surface area (TPSA) is 23.4 Å². The number of fused-ring (bicyclic) bond motifs is 4. The second kappa shape index (κ2) is 9.95. The maximum atomic E-state index is 6.44. The Labute approximate surface area is 258 Å². The number of hydrogen-bond donors (Lipinski definition) is 0. The molecule has 0 bridgehead atoms. The van der Waals surface area contributed by atoms with Crippen LogP contribution in [-0.2, 0) is 9.31 Å². The van der Waals surface area contributed by atoms with Crippen LogP contribution in [0, 0.1) is 0 Å². The minimum absolute atomic E-state index is 0.392. The van der Waals surface area contributed by atoms with E-state index in [4.69, 9.17) is 9.31 Å². The van der Waals surface area contributed by atoms with Gasteiger partial charge in [-0.15, -0.1) is 0 Å². The Morgan fingerprint density at radius 1 is 0.500 bits per heavy atom. The summed E-state index contributed by atoms with van der Waals surface area (Å²) in [6.07, 6.45) is 0. The summed E-state index contributed by atoms with van der Waals surface area (Å²) in [5.41, 5.74) is 8.50. The van der Waals surface area contributed by atoms with E-state index in [-0.39, 0.29) is 0 Å². The Morgan fingerprint density at radius 3 is 1.93 bits per heavy atom. The maximum Gasteiger partial charge on any atom is 0.494 e. The third-order valence-corrected chi connectivity index (χ3v) is 9.61. The minimum Gasteiger partial charge on any atom is -0.399 e. The molecule has 1 aliphatic rings. The molecule has 0 atom stereocenters. The SMILES string of the molecule is CC1(C)OB(c2ccc3c(c2)c2ccccc2n3-c2cc(-c3ccccc3)cc(-c3cccc4ccccc34)c2)OC1(C)C. The second-order valence-corrected chi connectivity index (χ2v) is 12.9. The van der Waals surface area contributed by atoms with Gasteiger partial charge >= 0.3 is 7.12 Å². The predicted molar refractivity (Wildman–Crippen MR) is 185 cm³/mol. The van der Waals surface area contributed by atoms with Crippen molar-refractivity contribution in [2.24, 2.45) is 0 Å². The molecule has 2 heterocycles. The van der Waals surface area contributed by atoms with Crippen LogP contribution in [0.5, 0.6) is 0 Å². The summed E-state index contributed by atoms with van der Waals surface area (Å²) in [5, 5.41) is 4.88. The standard InChI is InChI=1S/C40H34BNO2/c1-39(2)40(3,4)44-41(43-39)31-21-22-38-36(26-31)35-18-10-11-20-37(35)42(38)32-24-29(27-13-6-5-7-14-27)23-30(25-32)34-19-12-16-28-15-8-9-17-33(28)34/h5-26H,1-4H3. The van der Waals surface area contributed by atoms with E-state index in [2.05, 4.69) is 166 Å². The van der Waals surface area contributed by atoms with Crippen LogP contribution in [0.15, 0.2) is 133 Å². The van der Waals surface area contributed by atoms with E-state index in [1.165, 1.54) is 49.3 Å². The summed E-state index contributed by atoms with van der Waals surface area (Å²) in [6.45, 7) is 8.41. The number of para-hydroxylation sites is 1.